The molecular formula is C15H24ClN3O. The van der Waals surface area contributed by atoms with Gasteiger partial charge >= 0.3 is 0 Å². The molecule has 2 heterocycles. The number of alkyl halides is 1. The summed E-state index contributed by atoms with van der Waals surface area (Å²) in [7, 11) is 0. The molecule has 1 aromatic rings. The third kappa shape index (κ3) is 4.32. The summed E-state index contributed by atoms with van der Waals surface area (Å²) in [5.74, 6) is 2.21. The lowest BCUT2D eigenvalue weighted by atomic mass is 10.1. The topological polar surface area (TPSA) is 38.2 Å². The van der Waals surface area contributed by atoms with Gasteiger partial charge in [0.15, 0.2) is 5.75 Å². The van der Waals surface area contributed by atoms with E-state index < -0.39 is 0 Å². The average molecular weight is 298 g/mol. The number of ether oxygens (including phenoxy) is 1. The number of hydrogen-bond acceptors (Lipinski definition) is 4. The standard InChI is InChI=1S/C15H24ClN3O/c1-12(2)15-17-11-14(13(10-16)18-15)20-9-8-19-6-4-3-5-7-19/h11-12H,3-10H2,1-2H3. The number of aromatic nitrogens is 2. The highest BCUT2D eigenvalue weighted by Gasteiger charge is 2.12. The Morgan fingerprint density at radius 1 is 1.30 bits per heavy atom. The summed E-state index contributed by atoms with van der Waals surface area (Å²) in [5, 5.41) is 0. The van der Waals surface area contributed by atoms with E-state index in [0.29, 0.717) is 18.4 Å². The second-order valence-corrected chi connectivity index (χ2v) is 5.85. The first-order chi connectivity index (χ1) is 9.70. The van der Waals surface area contributed by atoms with E-state index in [1.54, 1.807) is 6.20 Å². The van der Waals surface area contributed by atoms with Gasteiger partial charge in [-0.1, -0.05) is 20.3 Å². The van der Waals surface area contributed by atoms with Crippen molar-refractivity contribution in [3.05, 3.63) is 17.7 Å². The molecule has 2 rings (SSSR count). The van der Waals surface area contributed by atoms with Crippen LogP contribution in [0.1, 0.15) is 50.5 Å². The molecule has 0 aliphatic carbocycles. The molecule has 1 aliphatic rings. The number of nitrogens with zero attached hydrogens (tertiary/aromatic N) is 3. The summed E-state index contributed by atoms with van der Waals surface area (Å²) in [4.78, 5) is 11.3. The molecule has 0 radical (unpaired) electrons. The van der Waals surface area contributed by atoms with Crippen molar-refractivity contribution in [3.8, 4) is 5.75 Å². The predicted octanol–water partition coefficient (Wildman–Crippen LogP) is 3.20. The highest BCUT2D eigenvalue weighted by Crippen LogP contribution is 2.20. The number of halogens is 1. The quantitative estimate of drug-likeness (QED) is 0.756. The smallest absolute Gasteiger partial charge is 0.160 e. The third-order valence-corrected chi connectivity index (χ3v) is 3.86. The molecule has 1 fully saturated rings. The fourth-order valence-electron chi connectivity index (χ4n) is 2.38. The Balaban J connectivity index is 1.88. The van der Waals surface area contributed by atoms with Crippen molar-refractivity contribution in [2.24, 2.45) is 0 Å². The Hall–Kier alpha value is -0.870. The van der Waals surface area contributed by atoms with Crippen LogP contribution in [-0.4, -0.2) is 41.1 Å². The molecule has 0 atom stereocenters. The van der Waals surface area contributed by atoms with Crippen molar-refractivity contribution in [1.82, 2.24) is 14.9 Å². The number of piperidine rings is 1. The molecule has 20 heavy (non-hydrogen) atoms. The van der Waals surface area contributed by atoms with Gasteiger partial charge in [0, 0.05) is 12.5 Å². The van der Waals surface area contributed by atoms with E-state index >= 15 is 0 Å². The molecule has 0 amide bonds. The van der Waals surface area contributed by atoms with Crippen LogP contribution in [0, 0.1) is 0 Å². The van der Waals surface area contributed by atoms with Crippen LogP contribution < -0.4 is 4.74 Å². The fraction of sp³-hybridized carbons (Fsp3) is 0.733. The zero-order valence-corrected chi connectivity index (χ0v) is 13.2. The van der Waals surface area contributed by atoms with Crippen LogP contribution in [-0.2, 0) is 5.88 Å². The van der Waals surface area contributed by atoms with Crippen LogP contribution in [0.25, 0.3) is 0 Å². The molecule has 0 spiro atoms. The van der Waals surface area contributed by atoms with Crippen molar-refractivity contribution in [2.75, 3.05) is 26.2 Å². The second-order valence-electron chi connectivity index (χ2n) is 5.58. The lowest BCUT2D eigenvalue weighted by Crippen LogP contribution is -2.33. The Bertz CT molecular complexity index is 420. The Labute approximate surface area is 126 Å². The summed E-state index contributed by atoms with van der Waals surface area (Å²) < 4.78 is 5.81. The van der Waals surface area contributed by atoms with E-state index in [-0.39, 0.29) is 0 Å². The number of likely N-dealkylation sites (tertiary alicyclic amines) is 1. The van der Waals surface area contributed by atoms with Gasteiger partial charge in [-0.2, -0.15) is 0 Å². The van der Waals surface area contributed by atoms with Crippen LogP contribution in [0.2, 0.25) is 0 Å². The first-order valence-corrected chi connectivity index (χ1v) is 8.01. The highest BCUT2D eigenvalue weighted by atomic mass is 35.5. The van der Waals surface area contributed by atoms with E-state index in [2.05, 4.69) is 28.7 Å². The summed E-state index contributed by atoms with van der Waals surface area (Å²) in [6.07, 6.45) is 5.73. The first kappa shape index (κ1) is 15.5. The van der Waals surface area contributed by atoms with Gasteiger partial charge in [0.25, 0.3) is 0 Å². The third-order valence-electron chi connectivity index (χ3n) is 3.60. The van der Waals surface area contributed by atoms with Gasteiger partial charge in [-0.3, -0.25) is 4.90 Å². The molecule has 0 aromatic carbocycles. The summed E-state index contributed by atoms with van der Waals surface area (Å²) in [6, 6.07) is 0. The Kier molecular flexibility index (Phi) is 6.05. The average Bonchev–Trinajstić information content (AvgIpc) is 2.48. The zero-order valence-electron chi connectivity index (χ0n) is 12.4. The highest BCUT2D eigenvalue weighted by molar-refractivity contribution is 6.17. The van der Waals surface area contributed by atoms with Crippen molar-refractivity contribution < 1.29 is 4.74 Å². The molecule has 1 aliphatic heterocycles. The summed E-state index contributed by atoms with van der Waals surface area (Å²) in [5.41, 5.74) is 0.795. The molecule has 0 bridgehead atoms. The van der Waals surface area contributed by atoms with Crippen LogP contribution in [0.5, 0.6) is 5.75 Å². The molecule has 4 nitrogen and oxygen atoms in total. The van der Waals surface area contributed by atoms with E-state index in [0.717, 1.165) is 23.8 Å². The maximum atomic E-state index is 5.96. The molecule has 0 unspecified atom stereocenters. The monoisotopic (exact) mass is 297 g/mol. The molecule has 1 saturated heterocycles. The van der Waals surface area contributed by atoms with Crippen molar-refractivity contribution in [3.63, 3.8) is 0 Å². The van der Waals surface area contributed by atoms with E-state index in [9.17, 15) is 0 Å². The van der Waals surface area contributed by atoms with Gasteiger partial charge in [0.1, 0.15) is 18.1 Å². The zero-order chi connectivity index (χ0) is 14.4. The van der Waals surface area contributed by atoms with Crippen molar-refractivity contribution in [1.29, 1.82) is 0 Å². The minimum absolute atomic E-state index is 0.305. The lowest BCUT2D eigenvalue weighted by molar-refractivity contribution is 0.182. The number of hydrogen-bond donors (Lipinski definition) is 0. The van der Waals surface area contributed by atoms with Crippen LogP contribution in [0.4, 0.5) is 0 Å². The lowest BCUT2D eigenvalue weighted by Gasteiger charge is -2.26. The Morgan fingerprint density at radius 2 is 2.05 bits per heavy atom. The Morgan fingerprint density at radius 3 is 2.70 bits per heavy atom. The van der Waals surface area contributed by atoms with Gasteiger partial charge in [0.05, 0.1) is 12.1 Å². The minimum atomic E-state index is 0.305. The fourth-order valence-corrected chi connectivity index (χ4v) is 2.58. The maximum Gasteiger partial charge on any atom is 0.160 e. The van der Waals surface area contributed by atoms with E-state index in [4.69, 9.17) is 16.3 Å². The van der Waals surface area contributed by atoms with Crippen LogP contribution in [0.15, 0.2) is 6.20 Å². The van der Waals surface area contributed by atoms with E-state index in [1.807, 2.05) is 0 Å². The van der Waals surface area contributed by atoms with Crippen molar-refractivity contribution in [2.45, 2.75) is 44.9 Å². The molecule has 5 heteroatoms. The minimum Gasteiger partial charge on any atom is -0.489 e. The molecule has 0 saturated carbocycles. The maximum absolute atomic E-state index is 5.96. The summed E-state index contributed by atoms with van der Waals surface area (Å²) >= 11 is 5.96. The first-order valence-electron chi connectivity index (χ1n) is 7.47. The SMILES string of the molecule is CC(C)c1ncc(OCCN2CCCCC2)c(CCl)n1. The summed E-state index contributed by atoms with van der Waals surface area (Å²) in [6.45, 7) is 8.17. The van der Waals surface area contributed by atoms with Gasteiger partial charge < -0.3 is 4.74 Å². The van der Waals surface area contributed by atoms with Crippen LogP contribution >= 0.6 is 11.6 Å². The van der Waals surface area contributed by atoms with Crippen molar-refractivity contribution >= 4 is 11.6 Å². The van der Waals surface area contributed by atoms with Crippen LogP contribution in [0.3, 0.4) is 0 Å². The van der Waals surface area contributed by atoms with Gasteiger partial charge in [-0.25, -0.2) is 9.97 Å². The molecule has 112 valence electrons. The normalized spacial score (nSPS) is 16.6. The van der Waals surface area contributed by atoms with Gasteiger partial charge in [-0.05, 0) is 25.9 Å². The molecule has 0 N–H and O–H groups in total. The predicted molar refractivity (Wildman–Crippen MR) is 81.5 cm³/mol. The largest absolute Gasteiger partial charge is 0.489 e. The van der Waals surface area contributed by atoms with Gasteiger partial charge in [-0.15, -0.1) is 11.6 Å². The second kappa shape index (κ2) is 7.79. The van der Waals surface area contributed by atoms with E-state index in [1.165, 1.54) is 32.4 Å². The molecular weight excluding hydrogens is 274 g/mol. The molecule has 1 aromatic heterocycles. The van der Waals surface area contributed by atoms with Gasteiger partial charge in [0.2, 0.25) is 0 Å². The number of rotatable bonds is 6.